The van der Waals surface area contributed by atoms with E-state index in [4.69, 9.17) is 15.0 Å². The van der Waals surface area contributed by atoms with Crippen LogP contribution in [0.15, 0.2) is 60.9 Å². The number of aromatic amines is 1. The molecule has 1 aliphatic heterocycles. The predicted molar refractivity (Wildman–Crippen MR) is 144 cm³/mol. The van der Waals surface area contributed by atoms with Gasteiger partial charge in [0.25, 0.3) is 0 Å². The zero-order chi connectivity index (χ0) is 26.5. The van der Waals surface area contributed by atoms with Crippen LogP contribution in [0.4, 0.5) is 0 Å². The Kier molecular flexibility index (Phi) is 7.55. The van der Waals surface area contributed by atoms with Gasteiger partial charge in [0, 0.05) is 36.6 Å². The van der Waals surface area contributed by atoms with Crippen LogP contribution in [-0.4, -0.2) is 43.5 Å². The third-order valence-electron chi connectivity index (χ3n) is 7.09. The molecular weight excluding hydrogens is 476 g/mol. The molecule has 1 aliphatic rings. The number of para-hydroxylation sites is 1. The Balaban J connectivity index is 1.31. The highest BCUT2D eigenvalue weighted by atomic mass is 16.5. The number of amides is 1. The summed E-state index contributed by atoms with van der Waals surface area (Å²) in [6.07, 6.45) is 7.82. The first-order valence-corrected chi connectivity index (χ1v) is 13.1. The van der Waals surface area contributed by atoms with Gasteiger partial charge in [-0.2, -0.15) is 5.26 Å². The number of ether oxygens (including phenoxy) is 1. The van der Waals surface area contributed by atoms with E-state index in [-0.39, 0.29) is 18.4 Å². The third-order valence-corrected chi connectivity index (χ3v) is 7.09. The van der Waals surface area contributed by atoms with E-state index >= 15 is 0 Å². The van der Waals surface area contributed by atoms with E-state index in [2.05, 4.69) is 33.7 Å². The minimum Gasteiger partial charge on any atom is -0.496 e. The molecule has 2 aromatic heterocycles. The average molecular weight is 509 g/mol. The summed E-state index contributed by atoms with van der Waals surface area (Å²) in [7, 11) is 1.67. The van der Waals surface area contributed by atoms with Crippen LogP contribution in [0.1, 0.15) is 54.7 Å². The first-order valence-electron chi connectivity index (χ1n) is 13.1. The number of methoxy groups -OCH3 is 1. The number of benzene rings is 2. The van der Waals surface area contributed by atoms with Crippen molar-refractivity contribution in [1.29, 1.82) is 5.26 Å². The highest BCUT2D eigenvalue weighted by molar-refractivity contribution is 5.79. The third kappa shape index (κ3) is 5.47. The second kappa shape index (κ2) is 11.3. The zero-order valence-corrected chi connectivity index (χ0v) is 21.9. The molecule has 0 aliphatic carbocycles. The van der Waals surface area contributed by atoms with Gasteiger partial charge in [-0.25, -0.2) is 9.97 Å². The van der Waals surface area contributed by atoms with E-state index < -0.39 is 0 Å². The summed E-state index contributed by atoms with van der Waals surface area (Å²) in [5.41, 5.74) is 4.31. The average Bonchev–Trinajstić information content (AvgIpc) is 3.57. The number of H-pyrrole nitrogens is 1. The van der Waals surface area contributed by atoms with Gasteiger partial charge in [-0.1, -0.05) is 44.0 Å². The van der Waals surface area contributed by atoms with Crippen molar-refractivity contribution in [1.82, 2.24) is 24.4 Å². The van der Waals surface area contributed by atoms with Crippen molar-refractivity contribution in [2.75, 3.05) is 7.11 Å². The van der Waals surface area contributed by atoms with E-state index in [0.717, 1.165) is 65.7 Å². The number of unbranched alkanes of at least 4 members (excludes halogenated alkanes) is 1. The number of nitrogens with one attached hydrogen (secondary N) is 1. The summed E-state index contributed by atoms with van der Waals surface area (Å²) in [6, 6.07) is 17.6. The predicted octanol–water partition coefficient (Wildman–Crippen LogP) is 4.89. The summed E-state index contributed by atoms with van der Waals surface area (Å²) < 4.78 is 7.74. The molecule has 3 heterocycles. The van der Waals surface area contributed by atoms with Gasteiger partial charge in [0.2, 0.25) is 5.91 Å². The van der Waals surface area contributed by atoms with Crippen LogP contribution in [0.3, 0.4) is 0 Å². The van der Waals surface area contributed by atoms with Gasteiger partial charge in [0.1, 0.15) is 17.4 Å². The lowest BCUT2D eigenvalue weighted by Gasteiger charge is -2.36. The monoisotopic (exact) mass is 508 g/mol. The van der Waals surface area contributed by atoms with E-state index in [1.165, 1.54) is 0 Å². The zero-order valence-electron chi connectivity index (χ0n) is 21.9. The Morgan fingerprint density at radius 1 is 1.21 bits per heavy atom. The molecule has 0 fully saturated rings. The number of carbonyl (C=O) groups is 1. The number of hydrogen-bond acceptors (Lipinski definition) is 5. The van der Waals surface area contributed by atoms with Crippen molar-refractivity contribution in [3.05, 3.63) is 89.4 Å². The Morgan fingerprint density at radius 3 is 2.79 bits per heavy atom. The number of nitriles is 1. The molecule has 0 bridgehead atoms. The lowest BCUT2D eigenvalue weighted by Crippen LogP contribution is -2.47. The lowest BCUT2D eigenvalue weighted by molar-refractivity contribution is -0.135. The van der Waals surface area contributed by atoms with E-state index in [0.29, 0.717) is 18.5 Å². The van der Waals surface area contributed by atoms with Gasteiger partial charge < -0.3 is 19.2 Å². The van der Waals surface area contributed by atoms with E-state index in [1.54, 1.807) is 25.4 Å². The highest BCUT2D eigenvalue weighted by Crippen LogP contribution is 2.31. The number of carbonyl (C=O) groups excluding carboxylic acids is 1. The standard InChI is InChI=1S/C30H32N6O2/c1-3-4-7-24-18-35-19-26(25-8-5-6-9-27(25)38-2)34-29(35)20-36(24)30(37)15-23-17-32-28(33-23)14-21-10-12-22(16-31)13-11-21/h5-6,8-13,17,19,24H,3-4,7,14-15,18,20H2,1-2H3,(H,32,33). The molecule has 5 rings (SSSR count). The maximum atomic E-state index is 13.6. The first kappa shape index (κ1) is 25.3. The van der Waals surface area contributed by atoms with Crippen molar-refractivity contribution in [3.63, 3.8) is 0 Å². The summed E-state index contributed by atoms with van der Waals surface area (Å²) in [6.45, 7) is 3.39. The summed E-state index contributed by atoms with van der Waals surface area (Å²) in [5, 5.41) is 8.99. The molecule has 8 heteroatoms. The topological polar surface area (TPSA) is 99.8 Å². The fraction of sp³-hybridized carbons (Fsp3) is 0.333. The SMILES string of the molecule is CCCCC1Cn2cc(-c3ccccc3OC)nc2CN1C(=O)Cc1cnc(Cc2ccc(C#N)cc2)[nH]1. The van der Waals surface area contributed by atoms with Crippen molar-refractivity contribution in [3.8, 4) is 23.1 Å². The number of nitrogens with zero attached hydrogens (tertiary/aromatic N) is 5. The minimum atomic E-state index is 0.0766. The van der Waals surface area contributed by atoms with Crippen LogP contribution >= 0.6 is 0 Å². The molecule has 2 aromatic carbocycles. The van der Waals surface area contributed by atoms with Gasteiger partial charge in [0.05, 0.1) is 43.4 Å². The smallest absolute Gasteiger partial charge is 0.229 e. The first-order chi connectivity index (χ1) is 18.6. The molecule has 0 saturated carbocycles. The van der Waals surface area contributed by atoms with Crippen molar-refractivity contribution < 1.29 is 9.53 Å². The van der Waals surface area contributed by atoms with Crippen LogP contribution in [0.25, 0.3) is 11.3 Å². The number of fused-ring (bicyclic) bond motifs is 1. The molecule has 1 atom stereocenters. The fourth-order valence-corrected chi connectivity index (χ4v) is 5.05. The second-order valence-electron chi connectivity index (χ2n) is 9.73. The Hall–Kier alpha value is -4.38. The van der Waals surface area contributed by atoms with Crippen LogP contribution in [-0.2, 0) is 30.7 Å². The molecule has 1 unspecified atom stereocenters. The van der Waals surface area contributed by atoms with Gasteiger partial charge in [-0.3, -0.25) is 4.79 Å². The van der Waals surface area contributed by atoms with Crippen LogP contribution in [0.5, 0.6) is 5.75 Å². The molecule has 4 aromatic rings. The Morgan fingerprint density at radius 2 is 2.03 bits per heavy atom. The van der Waals surface area contributed by atoms with Gasteiger partial charge in [0.15, 0.2) is 0 Å². The summed E-state index contributed by atoms with van der Waals surface area (Å²) in [5.74, 6) is 2.55. The van der Waals surface area contributed by atoms with E-state index in [9.17, 15) is 4.79 Å². The fourth-order valence-electron chi connectivity index (χ4n) is 5.05. The van der Waals surface area contributed by atoms with Crippen LogP contribution < -0.4 is 4.74 Å². The second-order valence-corrected chi connectivity index (χ2v) is 9.73. The molecule has 1 N–H and O–H groups in total. The summed E-state index contributed by atoms with van der Waals surface area (Å²) in [4.78, 5) is 28.3. The van der Waals surface area contributed by atoms with E-state index in [1.807, 2.05) is 41.3 Å². The Bertz CT molecular complexity index is 1450. The molecule has 0 spiro atoms. The minimum absolute atomic E-state index is 0.0766. The molecule has 0 saturated heterocycles. The van der Waals surface area contributed by atoms with Crippen molar-refractivity contribution in [2.45, 2.75) is 58.2 Å². The lowest BCUT2D eigenvalue weighted by atomic mass is 10.1. The number of hydrogen-bond donors (Lipinski definition) is 1. The highest BCUT2D eigenvalue weighted by Gasteiger charge is 2.31. The number of aromatic nitrogens is 4. The normalized spacial score (nSPS) is 14.7. The molecule has 1 amide bonds. The van der Waals surface area contributed by atoms with Gasteiger partial charge >= 0.3 is 0 Å². The quantitative estimate of drug-likeness (QED) is 0.347. The van der Waals surface area contributed by atoms with Gasteiger partial charge in [-0.15, -0.1) is 0 Å². The number of rotatable bonds is 9. The van der Waals surface area contributed by atoms with Crippen molar-refractivity contribution >= 4 is 5.91 Å². The molecule has 0 radical (unpaired) electrons. The maximum Gasteiger partial charge on any atom is 0.229 e. The maximum absolute atomic E-state index is 13.6. The van der Waals surface area contributed by atoms with Crippen LogP contribution in [0, 0.1) is 11.3 Å². The largest absolute Gasteiger partial charge is 0.496 e. The molecule has 38 heavy (non-hydrogen) atoms. The molecule has 194 valence electrons. The van der Waals surface area contributed by atoms with Gasteiger partial charge in [-0.05, 0) is 36.2 Å². The Labute approximate surface area is 222 Å². The molecule has 8 nitrogen and oxygen atoms in total. The molecular formula is C30H32N6O2. The number of imidazole rings is 2. The summed E-state index contributed by atoms with van der Waals surface area (Å²) >= 11 is 0. The van der Waals surface area contributed by atoms with Crippen LogP contribution in [0.2, 0.25) is 0 Å². The van der Waals surface area contributed by atoms with Crippen molar-refractivity contribution in [2.24, 2.45) is 0 Å².